The molecule has 0 aliphatic heterocycles. The Balaban J connectivity index is 0.000001000. The molecule has 10 heavy (non-hydrogen) atoms. The molecule has 0 N–H and O–H groups in total. The molecule has 0 saturated carbocycles. The first kappa shape index (κ1) is 7.13. The summed E-state index contributed by atoms with van der Waals surface area (Å²) >= 11 is 0. The van der Waals surface area contributed by atoms with E-state index in [0.29, 0.717) is 0 Å². The van der Waals surface area contributed by atoms with Crippen molar-refractivity contribution < 1.29 is 6.16 Å². The van der Waals surface area contributed by atoms with Gasteiger partial charge in [0, 0.05) is 1.43 Å². The third-order valence-corrected chi connectivity index (χ3v) is 1.57. The van der Waals surface area contributed by atoms with Crippen molar-refractivity contribution in [2.75, 3.05) is 7.11 Å². The molecule has 0 atom stereocenters. The summed E-state index contributed by atoms with van der Waals surface area (Å²) in [5.41, 5.74) is 1.35. The van der Waals surface area contributed by atoms with E-state index in [1.165, 1.54) is 5.56 Å². The second kappa shape index (κ2) is 3.25. The van der Waals surface area contributed by atoms with Crippen LogP contribution in [-0.2, 0) is 6.42 Å². The molecule has 0 heterocycles. The van der Waals surface area contributed by atoms with Crippen molar-refractivity contribution >= 4 is 0 Å². The first-order chi connectivity index (χ1) is 4.86. The van der Waals surface area contributed by atoms with Crippen molar-refractivity contribution in [3.8, 4) is 5.75 Å². The zero-order chi connectivity index (χ0) is 7.40. The van der Waals surface area contributed by atoms with E-state index < -0.39 is 0 Å². The average Bonchev–Trinajstić information content (AvgIpc) is 2.05. The van der Waals surface area contributed by atoms with Gasteiger partial charge in [-0.3, -0.25) is 0 Å². The standard InChI is InChI=1S/C9H12O.H2/c1-3-8-4-6-9(10-2)7-5-8;/h4-7H,3H2,1-2H3;1H. The lowest BCUT2D eigenvalue weighted by Gasteiger charge is -1.99. The molecule has 1 aromatic rings. The summed E-state index contributed by atoms with van der Waals surface area (Å²) in [6, 6.07) is 8.13. The van der Waals surface area contributed by atoms with Crippen molar-refractivity contribution in [3.05, 3.63) is 29.8 Å². The first-order valence-corrected chi connectivity index (χ1v) is 3.49. The molecule has 1 aromatic carbocycles. The molecule has 0 unspecified atom stereocenters. The van der Waals surface area contributed by atoms with Gasteiger partial charge in [-0.25, -0.2) is 0 Å². The van der Waals surface area contributed by atoms with Crippen LogP contribution in [0.3, 0.4) is 0 Å². The van der Waals surface area contributed by atoms with Crippen molar-refractivity contribution in [2.45, 2.75) is 13.3 Å². The van der Waals surface area contributed by atoms with E-state index in [2.05, 4.69) is 19.1 Å². The Hall–Kier alpha value is -0.980. The van der Waals surface area contributed by atoms with Gasteiger partial charge in [-0.1, -0.05) is 19.1 Å². The fraction of sp³-hybridized carbons (Fsp3) is 0.333. The van der Waals surface area contributed by atoms with Crippen LogP contribution in [0.1, 0.15) is 13.9 Å². The molecular weight excluding hydrogens is 124 g/mol. The summed E-state index contributed by atoms with van der Waals surface area (Å²) in [6.45, 7) is 2.14. The number of rotatable bonds is 2. The normalized spacial score (nSPS) is 9.40. The quantitative estimate of drug-likeness (QED) is 0.610. The highest BCUT2D eigenvalue weighted by molar-refractivity contribution is 5.26. The maximum absolute atomic E-state index is 5.01. The predicted molar refractivity (Wildman–Crippen MR) is 44.5 cm³/mol. The van der Waals surface area contributed by atoms with Gasteiger partial charge in [-0.15, -0.1) is 0 Å². The molecule has 0 saturated heterocycles. The van der Waals surface area contributed by atoms with E-state index in [1.807, 2.05) is 12.1 Å². The third kappa shape index (κ3) is 1.50. The highest BCUT2D eigenvalue weighted by atomic mass is 16.5. The number of aryl methyl sites for hydroxylation is 1. The fourth-order valence-corrected chi connectivity index (χ4v) is 0.861. The van der Waals surface area contributed by atoms with E-state index in [4.69, 9.17) is 4.74 Å². The Bertz CT molecular complexity index is 170. The molecule has 0 aromatic heterocycles. The van der Waals surface area contributed by atoms with Crippen molar-refractivity contribution in [3.63, 3.8) is 0 Å². The SMILES string of the molecule is CCc1ccc(OC)cc1.[HH]. The maximum atomic E-state index is 5.01. The lowest BCUT2D eigenvalue weighted by Crippen LogP contribution is -1.83. The van der Waals surface area contributed by atoms with Crippen LogP contribution in [-0.4, -0.2) is 7.11 Å². The van der Waals surface area contributed by atoms with E-state index >= 15 is 0 Å². The van der Waals surface area contributed by atoms with Crippen molar-refractivity contribution in [2.24, 2.45) is 0 Å². The Morgan fingerprint density at radius 3 is 2.30 bits per heavy atom. The van der Waals surface area contributed by atoms with Gasteiger partial charge >= 0.3 is 0 Å². The monoisotopic (exact) mass is 138 g/mol. The molecule has 1 heteroatoms. The van der Waals surface area contributed by atoms with Crippen LogP contribution < -0.4 is 4.74 Å². The predicted octanol–water partition coefficient (Wildman–Crippen LogP) is 2.50. The highest BCUT2D eigenvalue weighted by Gasteiger charge is 1.89. The Morgan fingerprint density at radius 2 is 1.90 bits per heavy atom. The molecule has 0 aliphatic carbocycles. The minimum atomic E-state index is 0. The molecule has 0 aliphatic rings. The highest BCUT2D eigenvalue weighted by Crippen LogP contribution is 2.10. The fourth-order valence-electron chi connectivity index (χ4n) is 0.861. The number of benzene rings is 1. The summed E-state index contributed by atoms with van der Waals surface area (Å²) in [5, 5.41) is 0. The van der Waals surface area contributed by atoms with Crippen molar-refractivity contribution in [1.82, 2.24) is 0 Å². The van der Waals surface area contributed by atoms with Crippen LogP contribution in [0.4, 0.5) is 0 Å². The van der Waals surface area contributed by atoms with Gasteiger partial charge < -0.3 is 4.74 Å². The van der Waals surface area contributed by atoms with E-state index in [-0.39, 0.29) is 1.43 Å². The van der Waals surface area contributed by atoms with Gasteiger partial charge in [0.05, 0.1) is 7.11 Å². The topological polar surface area (TPSA) is 9.23 Å². The number of methoxy groups -OCH3 is 1. The lowest BCUT2D eigenvalue weighted by molar-refractivity contribution is 0.414. The van der Waals surface area contributed by atoms with Crippen LogP contribution >= 0.6 is 0 Å². The molecule has 0 spiro atoms. The summed E-state index contributed by atoms with van der Waals surface area (Å²) < 4.78 is 5.01. The molecular formula is C9H14O. The summed E-state index contributed by atoms with van der Waals surface area (Å²) in [7, 11) is 1.68. The Kier molecular flexibility index (Phi) is 2.32. The summed E-state index contributed by atoms with van der Waals surface area (Å²) in [4.78, 5) is 0. The van der Waals surface area contributed by atoms with E-state index in [0.717, 1.165) is 12.2 Å². The lowest BCUT2D eigenvalue weighted by atomic mass is 10.2. The Labute approximate surface area is 63.1 Å². The molecule has 1 rings (SSSR count). The molecule has 1 nitrogen and oxygen atoms in total. The minimum Gasteiger partial charge on any atom is -0.497 e. The van der Waals surface area contributed by atoms with Gasteiger partial charge in [0.25, 0.3) is 0 Å². The smallest absolute Gasteiger partial charge is 0.118 e. The van der Waals surface area contributed by atoms with Gasteiger partial charge in [0.2, 0.25) is 0 Å². The molecule has 0 bridgehead atoms. The molecule has 56 valence electrons. The second-order valence-electron chi connectivity index (χ2n) is 2.20. The second-order valence-corrected chi connectivity index (χ2v) is 2.20. The molecule has 0 radical (unpaired) electrons. The van der Waals surface area contributed by atoms with Crippen LogP contribution in [0.5, 0.6) is 5.75 Å². The molecule has 0 amide bonds. The number of hydrogen-bond donors (Lipinski definition) is 0. The van der Waals surface area contributed by atoms with Crippen LogP contribution in [0.25, 0.3) is 0 Å². The van der Waals surface area contributed by atoms with Gasteiger partial charge in [0.1, 0.15) is 5.75 Å². The zero-order valence-electron chi connectivity index (χ0n) is 6.42. The average molecular weight is 138 g/mol. The largest absolute Gasteiger partial charge is 0.497 e. The number of ether oxygens (including phenoxy) is 1. The van der Waals surface area contributed by atoms with Gasteiger partial charge in [-0.2, -0.15) is 0 Å². The molecule has 0 fully saturated rings. The first-order valence-electron chi connectivity index (χ1n) is 3.49. The van der Waals surface area contributed by atoms with Gasteiger partial charge in [0.15, 0.2) is 0 Å². The zero-order valence-corrected chi connectivity index (χ0v) is 6.42. The maximum Gasteiger partial charge on any atom is 0.118 e. The third-order valence-electron chi connectivity index (χ3n) is 1.57. The van der Waals surface area contributed by atoms with Crippen molar-refractivity contribution in [1.29, 1.82) is 0 Å². The van der Waals surface area contributed by atoms with Crippen LogP contribution in [0.2, 0.25) is 0 Å². The summed E-state index contributed by atoms with van der Waals surface area (Å²) in [6.07, 6.45) is 1.09. The van der Waals surface area contributed by atoms with Gasteiger partial charge in [-0.05, 0) is 24.1 Å². The summed E-state index contributed by atoms with van der Waals surface area (Å²) in [5.74, 6) is 0.928. The van der Waals surface area contributed by atoms with E-state index in [9.17, 15) is 0 Å². The van der Waals surface area contributed by atoms with Crippen LogP contribution in [0.15, 0.2) is 24.3 Å². The number of hydrogen-bond acceptors (Lipinski definition) is 1. The minimum absolute atomic E-state index is 0. The van der Waals surface area contributed by atoms with Crippen LogP contribution in [0, 0.1) is 0 Å². The van der Waals surface area contributed by atoms with E-state index in [1.54, 1.807) is 7.11 Å². The Morgan fingerprint density at radius 1 is 1.30 bits per heavy atom.